The minimum atomic E-state index is -0.0187. The molecular weight excluding hydrogens is 386 g/mol. The largest absolute Gasteiger partial charge is 0.494 e. The molecule has 31 heavy (non-hydrogen) atoms. The first-order chi connectivity index (χ1) is 15.0. The minimum absolute atomic E-state index is 0.0153. The number of benzene rings is 3. The van der Waals surface area contributed by atoms with Crippen LogP contribution >= 0.6 is 0 Å². The number of ether oxygens (including phenoxy) is 2. The zero-order chi connectivity index (χ0) is 22.2. The number of amides is 1. The van der Waals surface area contributed by atoms with E-state index in [1.54, 1.807) is 0 Å². The van der Waals surface area contributed by atoms with Crippen LogP contribution < -0.4 is 14.8 Å². The van der Waals surface area contributed by atoms with E-state index in [4.69, 9.17) is 9.47 Å². The lowest BCUT2D eigenvalue weighted by atomic mass is 10.0. The lowest BCUT2D eigenvalue weighted by Crippen LogP contribution is -2.30. The van der Waals surface area contributed by atoms with Gasteiger partial charge in [-0.15, -0.1) is 0 Å². The van der Waals surface area contributed by atoms with Gasteiger partial charge in [0.1, 0.15) is 17.2 Å². The van der Waals surface area contributed by atoms with Crippen molar-refractivity contribution in [2.24, 2.45) is 5.92 Å². The van der Waals surface area contributed by atoms with Crippen molar-refractivity contribution in [3.8, 4) is 28.4 Å². The molecule has 1 N–H and O–H groups in total. The fourth-order valence-corrected chi connectivity index (χ4v) is 3.10. The average molecular weight is 418 g/mol. The van der Waals surface area contributed by atoms with Gasteiger partial charge in [-0.2, -0.15) is 0 Å². The molecule has 3 rings (SSSR count). The molecule has 1 amide bonds. The summed E-state index contributed by atoms with van der Waals surface area (Å²) in [6.07, 6.45) is 0.987. The zero-order valence-electron chi connectivity index (χ0n) is 18.7. The molecule has 0 saturated carbocycles. The summed E-state index contributed by atoms with van der Waals surface area (Å²) in [5.41, 5.74) is 3.32. The second-order valence-electron chi connectivity index (χ2n) is 7.95. The fraction of sp³-hybridized carbons (Fsp3) is 0.296. The van der Waals surface area contributed by atoms with Gasteiger partial charge in [0, 0.05) is 5.92 Å². The highest BCUT2D eigenvalue weighted by atomic mass is 16.5. The maximum Gasteiger partial charge on any atom is 0.223 e. The van der Waals surface area contributed by atoms with E-state index >= 15 is 0 Å². The highest BCUT2D eigenvalue weighted by Gasteiger charge is 2.12. The monoisotopic (exact) mass is 417 g/mol. The van der Waals surface area contributed by atoms with E-state index in [1.807, 2.05) is 69.3 Å². The molecular formula is C27H31NO3. The van der Waals surface area contributed by atoms with Gasteiger partial charge in [-0.3, -0.25) is 4.79 Å². The number of nitrogens with one attached hydrogen (secondary N) is 1. The first-order valence-corrected chi connectivity index (χ1v) is 10.9. The molecule has 0 aromatic heterocycles. The summed E-state index contributed by atoms with van der Waals surface area (Å²) in [6, 6.07) is 24.0. The van der Waals surface area contributed by atoms with Crippen LogP contribution in [-0.2, 0) is 4.79 Å². The number of hydrogen-bond acceptors (Lipinski definition) is 3. The zero-order valence-corrected chi connectivity index (χ0v) is 18.7. The van der Waals surface area contributed by atoms with Crippen LogP contribution in [0.15, 0.2) is 72.8 Å². The van der Waals surface area contributed by atoms with Gasteiger partial charge < -0.3 is 14.8 Å². The highest BCUT2D eigenvalue weighted by molar-refractivity contribution is 5.78. The van der Waals surface area contributed by atoms with Crippen molar-refractivity contribution in [3.63, 3.8) is 0 Å². The van der Waals surface area contributed by atoms with Crippen LogP contribution in [0.1, 0.15) is 45.7 Å². The number of hydrogen-bond donors (Lipinski definition) is 1. The maximum absolute atomic E-state index is 11.9. The summed E-state index contributed by atoms with van der Waals surface area (Å²) in [7, 11) is 0. The van der Waals surface area contributed by atoms with Crippen molar-refractivity contribution in [2.45, 2.75) is 40.2 Å². The first-order valence-electron chi connectivity index (χ1n) is 10.9. The number of carbonyl (C=O) groups excluding carboxylic acids is 1. The average Bonchev–Trinajstić information content (AvgIpc) is 2.79. The summed E-state index contributed by atoms with van der Waals surface area (Å²) in [5.74, 6) is 2.46. The van der Waals surface area contributed by atoms with E-state index in [0.29, 0.717) is 6.61 Å². The van der Waals surface area contributed by atoms with E-state index in [2.05, 4.69) is 36.5 Å². The Morgan fingerprint density at radius 1 is 0.774 bits per heavy atom. The Morgan fingerprint density at radius 2 is 1.26 bits per heavy atom. The second-order valence-corrected chi connectivity index (χ2v) is 7.95. The Morgan fingerprint density at radius 3 is 1.77 bits per heavy atom. The van der Waals surface area contributed by atoms with Crippen molar-refractivity contribution < 1.29 is 14.3 Å². The van der Waals surface area contributed by atoms with Gasteiger partial charge >= 0.3 is 0 Å². The van der Waals surface area contributed by atoms with Crippen LogP contribution in [0.5, 0.6) is 17.2 Å². The summed E-state index contributed by atoms with van der Waals surface area (Å²) < 4.78 is 11.5. The van der Waals surface area contributed by atoms with Crippen molar-refractivity contribution >= 4 is 5.91 Å². The van der Waals surface area contributed by atoms with Gasteiger partial charge in [-0.1, -0.05) is 57.2 Å². The van der Waals surface area contributed by atoms with Crippen LogP contribution in [0.3, 0.4) is 0 Å². The highest BCUT2D eigenvalue weighted by Crippen LogP contribution is 2.28. The maximum atomic E-state index is 11.9. The van der Waals surface area contributed by atoms with E-state index in [9.17, 15) is 4.79 Å². The van der Waals surface area contributed by atoms with Crippen molar-refractivity contribution in [3.05, 3.63) is 78.4 Å². The van der Waals surface area contributed by atoms with Crippen LogP contribution in [0.4, 0.5) is 0 Å². The summed E-state index contributed by atoms with van der Waals surface area (Å²) in [6.45, 7) is 8.60. The second kappa shape index (κ2) is 10.7. The molecule has 162 valence electrons. The van der Waals surface area contributed by atoms with Crippen molar-refractivity contribution in [1.29, 1.82) is 0 Å². The smallest absolute Gasteiger partial charge is 0.223 e. The predicted octanol–water partition coefficient (Wildman–Crippen LogP) is 6.77. The Bertz CT molecular complexity index is 961. The Balaban J connectivity index is 1.61. The molecule has 1 atom stereocenters. The molecule has 0 fully saturated rings. The van der Waals surface area contributed by atoms with E-state index in [0.717, 1.165) is 40.4 Å². The lowest BCUT2D eigenvalue weighted by molar-refractivity contribution is -0.124. The summed E-state index contributed by atoms with van der Waals surface area (Å²) in [4.78, 5) is 11.9. The van der Waals surface area contributed by atoms with Crippen molar-refractivity contribution in [1.82, 2.24) is 5.32 Å². The summed E-state index contributed by atoms with van der Waals surface area (Å²) in [5, 5.41) is 3.04. The summed E-state index contributed by atoms with van der Waals surface area (Å²) >= 11 is 0. The molecule has 0 bridgehead atoms. The Hall–Kier alpha value is -3.27. The quantitative estimate of drug-likeness (QED) is 0.418. The number of carbonyl (C=O) groups is 1. The molecule has 0 aliphatic heterocycles. The molecule has 0 aliphatic rings. The Kier molecular flexibility index (Phi) is 7.71. The molecule has 4 nitrogen and oxygen atoms in total. The van der Waals surface area contributed by atoms with Crippen molar-refractivity contribution in [2.75, 3.05) is 6.61 Å². The molecule has 0 saturated heterocycles. The molecule has 0 radical (unpaired) electrons. The van der Waals surface area contributed by atoms with E-state index in [1.165, 1.54) is 0 Å². The lowest BCUT2D eigenvalue weighted by Gasteiger charge is -2.16. The van der Waals surface area contributed by atoms with Gasteiger partial charge in [0.2, 0.25) is 5.91 Å². The molecule has 0 heterocycles. The van der Waals surface area contributed by atoms with Gasteiger partial charge in [-0.25, -0.2) is 0 Å². The number of rotatable bonds is 9. The third kappa shape index (κ3) is 6.35. The van der Waals surface area contributed by atoms with E-state index in [-0.39, 0.29) is 17.9 Å². The third-order valence-corrected chi connectivity index (χ3v) is 5.01. The van der Waals surface area contributed by atoms with Crippen LogP contribution in [0, 0.1) is 5.92 Å². The SMILES string of the molecule is CCCOc1ccc(Oc2ccc(-c3ccc(C(C)NC(=O)C(C)C)cc3)cc2)cc1. The van der Waals surface area contributed by atoms with Crippen LogP contribution in [0.2, 0.25) is 0 Å². The molecule has 1 unspecified atom stereocenters. The van der Waals surface area contributed by atoms with Gasteiger partial charge in [0.05, 0.1) is 12.6 Å². The molecule has 3 aromatic rings. The molecule has 0 aliphatic carbocycles. The fourth-order valence-electron chi connectivity index (χ4n) is 3.10. The van der Waals surface area contributed by atoms with Gasteiger partial charge in [0.15, 0.2) is 0 Å². The predicted molar refractivity (Wildman–Crippen MR) is 126 cm³/mol. The van der Waals surface area contributed by atoms with Crippen LogP contribution in [0.25, 0.3) is 11.1 Å². The minimum Gasteiger partial charge on any atom is -0.494 e. The Labute approximate surface area is 185 Å². The molecule has 3 aromatic carbocycles. The van der Waals surface area contributed by atoms with Gasteiger partial charge in [0.25, 0.3) is 0 Å². The standard InChI is InChI=1S/C27H31NO3/c1-5-18-30-24-14-16-26(17-15-24)31-25-12-10-23(11-13-25)22-8-6-21(7-9-22)20(4)28-27(29)19(2)3/h6-17,19-20H,5,18H2,1-4H3,(H,28,29). The topological polar surface area (TPSA) is 47.6 Å². The normalized spacial score (nSPS) is 11.8. The molecule has 4 heteroatoms. The van der Waals surface area contributed by atoms with E-state index < -0.39 is 0 Å². The first kappa shape index (κ1) is 22.4. The van der Waals surface area contributed by atoms with Crippen LogP contribution in [-0.4, -0.2) is 12.5 Å². The third-order valence-electron chi connectivity index (χ3n) is 5.01. The van der Waals surface area contributed by atoms with Gasteiger partial charge in [-0.05, 0) is 66.4 Å². The molecule has 0 spiro atoms.